The summed E-state index contributed by atoms with van der Waals surface area (Å²) in [5.41, 5.74) is 1.77. The lowest BCUT2D eigenvalue weighted by Crippen LogP contribution is -2.22. The molecule has 0 saturated heterocycles. The second-order valence-corrected chi connectivity index (χ2v) is 3.72. The summed E-state index contributed by atoms with van der Waals surface area (Å²) in [6.45, 7) is 2.02. The average Bonchev–Trinajstić information content (AvgIpc) is 2.20. The molecule has 15 heavy (non-hydrogen) atoms. The summed E-state index contributed by atoms with van der Waals surface area (Å²) in [5.74, 6) is -0.0358. The largest absolute Gasteiger partial charge is 0.392 e. The molecule has 0 unspecified atom stereocenters. The van der Waals surface area contributed by atoms with Gasteiger partial charge >= 0.3 is 0 Å². The zero-order valence-corrected chi connectivity index (χ0v) is 9.34. The Morgan fingerprint density at radius 3 is 2.87 bits per heavy atom. The van der Waals surface area contributed by atoms with E-state index in [4.69, 9.17) is 16.7 Å². The van der Waals surface area contributed by atoms with Crippen molar-refractivity contribution >= 4 is 17.5 Å². The third-order valence-corrected chi connectivity index (χ3v) is 2.44. The van der Waals surface area contributed by atoms with Gasteiger partial charge in [-0.1, -0.05) is 23.7 Å². The van der Waals surface area contributed by atoms with E-state index in [1.165, 1.54) is 6.92 Å². The quantitative estimate of drug-likeness (QED) is 0.819. The average molecular weight is 228 g/mol. The molecule has 82 valence electrons. The van der Waals surface area contributed by atoms with E-state index < -0.39 is 0 Å². The van der Waals surface area contributed by atoms with E-state index in [1.807, 2.05) is 12.1 Å². The highest BCUT2D eigenvalue weighted by Crippen LogP contribution is 2.17. The molecule has 1 rings (SSSR count). The van der Waals surface area contributed by atoms with Crippen molar-refractivity contribution in [2.45, 2.75) is 20.0 Å². The zero-order valence-electron chi connectivity index (χ0n) is 8.59. The molecule has 4 heteroatoms. The van der Waals surface area contributed by atoms with Crippen molar-refractivity contribution in [1.29, 1.82) is 0 Å². The van der Waals surface area contributed by atoms with Crippen LogP contribution in [0.3, 0.4) is 0 Å². The van der Waals surface area contributed by atoms with Gasteiger partial charge in [0.25, 0.3) is 0 Å². The van der Waals surface area contributed by atoms with Crippen LogP contribution in [0.4, 0.5) is 0 Å². The van der Waals surface area contributed by atoms with Crippen LogP contribution in [0.25, 0.3) is 0 Å². The lowest BCUT2D eigenvalue weighted by atomic mass is 10.1. The van der Waals surface area contributed by atoms with Gasteiger partial charge in [0.05, 0.1) is 6.61 Å². The number of nitrogens with one attached hydrogen (secondary N) is 1. The summed E-state index contributed by atoms with van der Waals surface area (Å²) in [4.78, 5) is 10.6. The minimum atomic E-state index is -0.0627. The highest BCUT2D eigenvalue weighted by Gasteiger charge is 2.01. The predicted molar refractivity (Wildman–Crippen MR) is 59.8 cm³/mol. The lowest BCUT2D eigenvalue weighted by Gasteiger charge is -2.06. The molecule has 0 heterocycles. The van der Waals surface area contributed by atoms with Crippen molar-refractivity contribution in [3.63, 3.8) is 0 Å². The van der Waals surface area contributed by atoms with E-state index in [1.54, 1.807) is 6.07 Å². The van der Waals surface area contributed by atoms with E-state index in [9.17, 15) is 4.79 Å². The topological polar surface area (TPSA) is 49.3 Å². The van der Waals surface area contributed by atoms with Crippen molar-refractivity contribution in [3.8, 4) is 0 Å². The van der Waals surface area contributed by atoms with Gasteiger partial charge in [-0.15, -0.1) is 0 Å². The Hall–Kier alpha value is -1.06. The standard InChI is InChI=1S/C11H14ClNO2/c1-8(15)13-5-4-9-2-3-11(12)10(6-9)7-14/h2-3,6,14H,4-5,7H2,1H3,(H,13,15). The van der Waals surface area contributed by atoms with Crippen molar-refractivity contribution in [3.05, 3.63) is 34.3 Å². The molecule has 0 aliphatic carbocycles. The first-order valence-electron chi connectivity index (χ1n) is 4.76. The monoisotopic (exact) mass is 227 g/mol. The minimum Gasteiger partial charge on any atom is -0.392 e. The van der Waals surface area contributed by atoms with Crippen molar-refractivity contribution in [2.24, 2.45) is 0 Å². The number of benzene rings is 1. The molecule has 0 aliphatic rings. The summed E-state index contributed by atoms with van der Waals surface area (Å²) >= 11 is 5.85. The van der Waals surface area contributed by atoms with Gasteiger partial charge in [0, 0.05) is 18.5 Å². The number of aliphatic hydroxyl groups excluding tert-OH is 1. The van der Waals surface area contributed by atoms with Gasteiger partial charge in [0.2, 0.25) is 5.91 Å². The van der Waals surface area contributed by atoms with Crippen LogP contribution in [0.5, 0.6) is 0 Å². The smallest absolute Gasteiger partial charge is 0.216 e. The number of hydrogen-bond acceptors (Lipinski definition) is 2. The van der Waals surface area contributed by atoms with Crippen LogP contribution in [0.2, 0.25) is 5.02 Å². The SMILES string of the molecule is CC(=O)NCCc1ccc(Cl)c(CO)c1. The Morgan fingerprint density at radius 1 is 1.53 bits per heavy atom. The van der Waals surface area contributed by atoms with Crippen LogP contribution in [0, 0.1) is 0 Å². The molecule has 0 aromatic heterocycles. The molecule has 0 radical (unpaired) electrons. The van der Waals surface area contributed by atoms with Crippen LogP contribution in [0.1, 0.15) is 18.1 Å². The van der Waals surface area contributed by atoms with Crippen LogP contribution in [0.15, 0.2) is 18.2 Å². The highest BCUT2D eigenvalue weighted by molar-refractivity contribution is 6.31. The second kappa shape index (κ2) is 5.73. The zero-order chi connectivity index (χ0) is 11.3. The number of hydrogen-bond donors (Lipinski definition) is 2. The maximum atomic E-state index is 10.6. The fraction of sp³-hybridized carbons (Fsp3) is 0.364. The Bertz CT molecular complexity index is 352. The van der Waals surface area contributed by atoms with Crippen LogP contribution < -0.4 is 5.32 Å². The summed E-state index contributed by atoms with van der Waals surface area (Å²) in [6, 6.07) is 5.50. The lowest BCUT2D eigenvalue weighted by molar-refractivity contribution is -0.118. The van der Waals surface area contributed by atoms with E-state index >= 15 is 0 Å². The summed E-state index contributed by atoms with van der Waals surface area (Å²) < 4.78 is 0. The van der Waals surface area contributed by atoms with Crippen LogP contribution >= 0.6 is 11.6 Å². The van der Waals surface area contributed by atoms with Gasteiger partial charge in [0.1, 0.15) is 0 Å². The predicted octanol–water partition coefficient (Wildman–Crippen LogP) is 1.51. The highest BCUT2D eigenvalue weighted by atomic mass is 35.5. The summed E-state index contributed by atoms with van der Waals surface area (Å²) in [5, 5.41) is 12.3. The molecule has 0 aliphatic heterocycles. The van der Waals surface area contributed by atoms with Gasteiger partial charge in [0.15, 0.2) is 0 Å². The molecular weight excluding hydrogens is 214 g/mol. The number of carbonyl (C=O) groups is 1. The van der Waals surface area contributed by atoms with Crippen LogP contribution in [-0.4, -0.2) is 17.6 Å². The molecule has 1 aromatic rings. The summed E-state index contributed by atoms with van der Waals surface area (Å²) in [7, 11) is 0. The number of rotatable bonds is 4. The first-order valence-corrected chi connectivity index (χ1v) is 5.14. The van der Waals surface area contributed by atoms with Crippen LogP contribution in [-0.2, 0) is 17.8 Å². The molecule has 0 atom stereocenters. The van der Waals surface area contributed by atoms with Gasteiger partial charge < -0.3 is 10.4 Å². The molecule has 0 spiro atoms. The van der Waals surface area contributed by atoms with E-state index in [-0.39, 0.29) is 12.5 Å². The molecule has 2 N–H and O–H groups in total. The Morgan fingerprint density at radius 2 is 2.27 bits per heavy atom. The minimum absolute atomic E-state index is 0.0358. The molecule has 1 aromatic carbocycles. The Balaban J connectivity index is 2.58. The normalized spacial score (nSPS) is 10.1. The fourth-order valence-corrected chi connectivity index (χ4v) is 1.46. The van der Waals surface area contributed by atoms with E-state index in [0.29, 0.717) is 11.6 Å². The van der Waals surface area contributed by atoms with Gasteiger partial charge in [-0.05, 0) is 23.6 Å². The Labute approximate surface area is 94.1 Å². The second-order valence-electron chi connectivity index (χ2n) is 3.32. The summed E-state index contributed by atoms with van der Waals surface area (Å²) in [6.07, 6.45) is 0.740. The third-order valence-electron chi connectivity index (χ3n) is 2.07. The van der Waals surface area contributed by atoms with Gasteiger partial charge in [-0.3, -0.25) is 4.79 Å². The van der Waals surface area contributed by atoms with E-state index in [2.05, 4.69) is 5.32 Å². The number of carbonyl (C=O) groups excluding carboxylic acids is 1. The van der Waals surface area contributed by atoms with Crippen molar-refractivity contribution in [2.75, 3.05) is 6.54 Å². The maximum Gasteiger partial charge on any atom is 0.216 e. The molecule has 3 nitrogen and oxygen atoms in total. The third kappa shape index (κ3) is 3.90. The molecular formula is C11H14ClNO2. The van der Waals surface area contributed by atoms with Crippen molar-refractivity contribution in [1.82, 2.24) is 5.32 Å². The first kappa shape index (κ1) is 12.0. The van der Waals surface area contributed by atoms with Gasteiger partial charge in [-0.2, -0.15) is 0 Å². The first-order chi connectivity index (χ1) is 7.13. The molecule has 0 fully saturated rings. The fourth-order valence-electron chi connectivity index (χ4n) is 1.29. The maximum absolute atomic E-state index is 10.6. The number of halogens is 1. The van der Waals surface area contributed by atoms with E-state index in [0.717, 1.165) is 17.5 Å². The molecule has 0 bridgehead atoms. The molecule has 1 amide bonds. The Kier molecular flexibility index (Phi) is 4.59. The number of aliphatic hydroxyl groups is 1. The van der Waals surface area contributed by atoms with Crippen molar-refractivity contribution < 1.29 is 9.90 Å². The number of amides is 1. The molecule has 0 saturated carbocycles. The van der Waals surface area contributed by atoms with Gasteiger partial charge in [-0.25, -0.2) is 0 Å².